The molecule has 0 fully saturated rings. The van der Waals surface area contributed by atoms with Gasteiger partial charge < -0.3 is 4.57 Å². The Morgan fingerprint density at radius 2 is 2.27 bits per heavy atom. The van der Waals surface area contributed by atoms with Gasteiger partial charge in [-0.3, -0.25) is 4.99 Å². The largest absolute Gasteiger partial charge is 0.324 e. The Labute approximate surface area is 96.5 Å². The van der Waals surface area contributed by atoms with Crippen molar-refractivity contribution in [2.45, 2.75) is 37.9 Å². The Morgan fingerprint density at radius 3 is 2.93 bits per heavy atom. The molecule has 1 aromatic rings. The van der Waals surface area contributed by atoms with E-state index in [2.05, 4.69) is 23.5 Å². The molecule has 0 saturated carbocycles. The highest BCUT2D eigenvalue weighted by Crippen LogP contribution is 2.37. The maximum atomic E-state index is 6.26. The lowest BCUT2D eigenvalue weighted by Crippen LogP contribution is -2.12. The van der Waals surface area contributed by atoms with Crippen molar-refractivity contribution in [2.75, 3.05) is 7.05 Å². The molecular weight excluding hydrogens is 203 g/mol. The highest BCUT2D eigenvalue weighted by molar-refractivity contribution is 7.09. The lowest BCUT2D eigenvalue weighted by molar-refractivity contribution is 0.551. The highest BCUT2D eigenvalue weighted by Gasteiger charge is 2.25. The molecule has 1 heterocycles. The minimum Gasteiger partial charge on any atom is -0.324 e. The fourth-order valence-electron chi connectivity index (χ4n) is 2.30. The molecule has 0 aromatic carbocycles. The number of fused-ring (bicyclic) bond motifs is 1. The Hall–Kier alpha value is -0.505. The van der Waals surface area contributed by atoms with Gasteiger partial charge in [-0.25, -0.2) is 0 Å². The predicted octanol–water partition coefficient (Wildman–Crippen LogP) is 1.84. The van der Waals surface area contributed by atoms with E-state index in [9.17, 15) is 0 Å². The maximum Gasteiger partial charge on any atom is 0.184 e. The van der Waals surface area contributed by atoms with Crippen LogP contribution in [-0.4, -0.2) is 19.5 Å². The molecule has 0 amide bonds. The number of thiazole rings is 1. The van der Waals surface area contributed by atoms with Gasteiger partial charge >= 0.3 is 0 Å². The molecule has 1 aliphatic carbocycles. The molecule has 80 valence electrons. The molecule has 1 atom stereocenters. The Morgan fingerprint density at radius 1 is 1.53 bits per heavy atom. The molecule has 0 N–H and O–H groups in total. The van der Waals surface area contributed by atoms with E-state index < -0.39 is 0 Å². The Balaban J connectivity index is 2.49. The fraction of sp³-hybridized carbons (Fsp3) is 0.727. The summed E-state index contributed by atoms with van der Waals surface area (Å²) in [7, 11) is 10.2. The summed E-state index contributed by atoms with van der Waals surface area (Å²) in [4.78, 5) is 6.83. The third-order valence-corrected chi connectivity index (χ3v) is 4.41. The van der Waals surface area contributed by atoms with E-state index in [1.807, 2.05) is 7.05 Å². The van der Waals surface area contributed by atoms with Crippen molar-refractivity contribution in [2.24, 2.45) is 12.0 Å². The molecule has 0 bridgehead atoms. The standard InChI is InChI=1S/C11H17BN2S/c1-11(12)6-4-5-8-9(7-11)15-10(13-2)14(8)3/h4-7H2,1-3H3. The van der Waals surface area contributed by atoms with E-state index in [0.29, 0.717) is 0 Å². The summed E-state index contributed by atoms with van der Waals surface area (Å²) in [6.45, 7) is 2.16. The van der Waals surface area contributed by atoms with E-state index >= 15 is 0 Å². The Bertz CT molecular complexity index is 428. The summed E-state index contributed by atoms with van der Waals surface area (Å²) in [5, 5.41) is -0.0336. The first-order valence-corrected chi connectivity index (χ1v) is 6.24. The van der Waals surface area contributed by atoms with Crippen LogP contribution in [0.1, 0.15) is 30.3 Å². The minimum absolute atomic E-state index is 0.0336. The van der Waals surface area contributed by atoms with Crippen LogP contribution in [0.15, 0.2) is 4.99 Å². The van der Waals surface area contributed by atoms with Crippen molar-refractivity contribution in [3.63, 3.8) is 0 Å². The highest BCUT2D eigenvalue weighted by atomic mass is 32.1. The van der Waals surface area contributed by atoms with Crippen molar-refractivity contribution in [1.29, 1.82) is 0 Å². The van der Waals surface area contributed by atoms with Gasteiger partial charge in [0, 0.05) is 24.7 Å². The van der Waals surface area contributed by atoms with Crippen LogP contribution in [0.2, 0.25) is 5.31 Å². The lowest BCUT2D eigenvalue weighted by atomic mass is 9.66. The summed E-state index contributed by atoms with van der Waals surface area (Å²) in [6.07, 6.45) is 4.45. The predicted molar refractivity (Wildman–Crippen MR) is 65.5 cm³/mol. The summed E-state index contributed by atoms with van der Waals surface area (Å²) in [5.74, 6) is 0. The number of hydrogen-bond acceptors (Lipinski definition) is 2. The van der Waals surface area contributed by atoms with E-state index in [1.54, 1.807) is 11.3 Å². The van der Waals surface area contributed by atoms with Crippen molar-refractivity contribution < 1.29 is 0 Å². The molecular formula is C11H17BN2S. The van der Waals surface area contributed by atoms with Crippen LogP contribution in [0.5, 0.6) is 0 Å². The van der Waals surface area contributed by atoms with Crippen molar-refractivity contribution in [3.8, 4) is 0 Å². The van der Waals surface area contributed by atoms with Crippen LogP contribution in [0.3, 0.4) is 0 Å². The van der Waals surface area contributed by atoms with E-state index in [0.717, 1.165) is 24.1 Å². The third kappa shape index (κ3) is 2.05. The third-order valence-electron chi connectivity index (χ3n) is 3.15. The van der Waals surface area contributed by atoms with Gasteiger partial charge in [0.05, 0.1) is 7.85 Å². The van der Waals surface area contributed by atoms with Crippen LogP contribution in [0.4, 0.5) is 0 Å². The quantitative estimate of drug-likeness (QED) is 0.469. The number of hydrogen-bond donors (Lipinski definition) is 0. The van der Waals surface area contributed by atoms with Gasteiger partial charge in [0.25, 0.3) is 0 Å². The molecule has 4 heteroatoms. The molecule has 1 unspecified atom stereocenters. The van der Waals surface area contributed by atoms with Gasteiger partial charge in [-0.2, -0.15) is 0 Å². The summed E-state index contributed by atoms with van der Waals surface area (Å²) in [5.41, 5.74) is 1.44. The topological polar surface area (TPSA) is 17.3 Å². The molecule has 1 aromatic heterocycles. The molecule has 0 spiro atoms. The zero-order valence-corrected chi connectivity index (χ0v) is 10.5. The summed E-state index contributed by atoms with van der Waals surface area (Å²) >= 11 is 1.79. The second-order valence-electron chi connectivity index (χ2n) is 4.72. The van der Waals surface area contributed by atoms with Gasteiger partial charge in [-0.1, -0.05) is 18.7 Å². The first-order valence-electron chi connectivity index (χ1n) is 5.43. The average molecular weight is 220 g/mol. The monoisotopic (exact) mass is 220 g/mol. The van der Waals surface area contributed by atoms with Crippen LogP contribution in [0.25, 0.3) is 0 Å². The average Bonchev–Trinajstić information content (AvgIpc) is 2.37. The summed E-state index contributed by atoms with van der Waals surface area (Å²) in [6, 6.07) is 0. The van der Waals surface area contributed by atoms with Crippen LogP contribution in [-0.2, 0) is 19.9 Å². The maximum absolute atomic E-state index is 6.26. The van der Waals surface area contributed by atoms with Gasteiger partial charge in [0.2, 0.25) is 0 Å². The Kier molecular flexibility index (Phi) is 2.80. The van der Waals surface area contributed by atoms with Crippen molar-refractivity contribution >= 4 is 19.2 Å². The molecule has 0 aliphatic heterocycles. The zero-order chi connectivity index (χ0) is 11.1. The van der Waals surface area contributed by atoms with E-state index in [4.69, 9.17) is 7.85 Å². The molecule has 2 nitrogen and oxygen atoms in total. The second-order valence-corrected chi connectivity index (χ2v) is 5.78. The number of rotatable bonds is 0. The van der Waals surface area contributed by atoms with Gasteiger partial charge in [-0.15, -0.1) is 11.3 Å². The SMILES string of the molecule is [B]C1(C)CCCc2c(sc(=NC)n2C)C1. The normalized spacial score (nSPS) is 27.5. The van der Waals surface area contributed by atoms with Gasteiger partial charge in [0.1, 0.15) is 0 Å². The lowest BCUT2D eigenvalue weighted by Gasteiger charge is -2.21. The smallest absolute Gasteiger partial charge is 0.184 e. The first-order chi connectivity index (χ1) is 7.03. The molecule has 2 rings (SSSR count). The first kappa shape index (κ1) is 11.0. The molecule has 15 heavy (non-hydrogen) atoms. The molecule has 2 radical (unpaired) electrons. The number of aromatic nitrogens is 1. The van der Waals surface area contributed by atoms with Crippen molar-refractivity contribution in [3.05, 3.63) is 15.4 Å². The zero-order valence-electron chi connectivity index (χ0n) is 9.71. The fourth-order valence-corrected chi connectivity index (χ4v) is 3.61. The number of nitrogens with zero attached hydrogens (tertiary/aromatic N) is 2. The van der Waals surface area contributed by atoms with E-state index in [-0.39, 0.29) is 5.31 Å². The van der Waals surface area contributed by atoms with Crippen molar-refractivity contribution in [1.82, 2.24) is 4.57 Å². The second kappa shape index (κ2) is 3.82. The van der Waals surface area contributed by atoms with E-state index in [1.165, 1.54) is 17.0 Å². The minimum atomic E-state index is -0.0336. The molecule has 1 aliphatic rings. The van der Waals surface area contributed by atoms with Gasteiger partial charge in [-0.05, 0) is 19.3 Å². The molecule has 0 saturated heterocycles. The van der Waals surface area contributed by atoms with Crippen LogP contribution < -0.4 is 4.80 Å². The van der Waals surface area contributed by atoms with Crippen LogP contribution in [0, 0.1) is 0 Å². The van der Waals surface area contributed by atoms with Gasteiger partial charge in [0.15, 0.2) is 4.80 Å². The van der Waals surface area contributed by atoms with Crippen LogP contribution >= 0.6 is 11.3 Å². The summed E-state index contributed by atoms with van der Waals surface area (Å²) < 4.78 is 2.22.